The Bertz CT molecular complexity index is 983. The monoisotopic (exact) mass is 499 g/mol. The Labute approximate surface area is 214 Å². The number of benzene rings is 1. The van der Waals surface area contributed by atoms with Crippen LogP contribution in [0.3, 0.4) is 0 Å². The number of hydrogen-bond donors (Lipinski definition) is 2. The fourth-order valence-electron chi connectivity index (χ4n) is 4.63. The van der Waals surface area contributed by atoms with E-state index >= 15 is 0 Å². The summed E-state index contributed by atoms with van der Waals surface area (Å²) in [6, 6.07) is 7.13. The molecule has 36 heavy (non-hydrogen) atoms. The molecule has 9 nitrogen and oxygen atoms in total. The lowest BCUT2D eigenvalue weighted by Gasteiger charge is -2.36. The summed E-state index contributed by atoms with van der Waals surface area (Å²) in [7, 11) is 1.68. The van der Waals surface area contributed by atoms with E-state index in [1.165, 1.54) is 10.5 Å². The van der Waals surface area contributed by atoms with E-state index in [1.807, 2.05) is 36.1 Å². The van der Waals surface area contributed by atoms with Crippen LogP contribution in [0, 0.1) is 0 Å². The highest BCUT2D eigenvalue weighted by Gasteiger charge is 2.37. The number of amides is 4. The van der Waals surface area contributed by atoms with Crippen LogP contribution in [-0.2, 0) is 14.9 Å². The minimum absolute atomic E-state index is 0.00574. The zero-order valence-corrected chi connectivity index (χ0v) is 22.5. The molecule has 1 aromatic carbocycles. The fraction of sp³-hybridized carbons (Fsp3) is 0.593. The van der Waals surface area contributed by atoms with Gasteiger partial charge in [-0.15, -0.1) is 0 Å². The third kappa shape index (κ3) is 6.37. The molecule has 0 bridgehead atoms. The number of carbonyl (C=O) groups is 3. The van der Waals surface area contributed by atoms with Crippen molar-refractivity contribution in [2.75, 3.05) is 52.9 Å². The topological polar surface area (TPSA) is 94.2 Å². The summed E-state index contributed by atoms with van der Waals surface area (Å²) in [6.45, 7) is 14.0. The second-order valence-electron chi connectivity index (χ2n) is 10.3. The Kier molecular flexibility index (Phi) is 9.00. The molecule has 1 aromatic rings. The lowest BCUT2D eigenvalue weighted by Crippen LogP contribution is -2.49. The molecule has 0 aliphatic carbocycles. The van der Waals surface area contributed by atoms with E-state index in [9.17, 15) is 14.4 Å². The average Bonchev–Trinajstić information content (AvgIpc) is 3.07. The van der Waals surface area contributed by atoms with Crippen LogP contribution < -0.4 is 10.6 Å². The van der Waals surface area contributed by atoms with Gasteiger partial charge < -0.3 is 20.3 Å². The van der Waals surface area contributed by atoms with Crippen LogP contribution in [0.4, 0.5) is 9.59 Å². The molecule has 198 valence electrons. The first-order valence-corrected chi connectivity index (χ1v) is 12.9. The maximum absolute atomic E-state index is 13.3. The van der Waals surface area contributed by atoms with Gasteiger partial charge in [-0.25, -0.2) is 14.4 Å². The van der Waals surface area contributed by atoms with Gasteiger partial charge in [-0.2, -0.15) is 0 Å². The van der Waals surface area contributed by atoms with E-state index in [2.05, 4.69) is 36.3 Å². The Morgan fingerprint density at radius 3 is 2.39 bits per heavy atom. The highest BCUT2D eigenvalue weighted by Crippen LogP contribution is 2.33. The van der Waals surface area contributed by atoms with Crippen molar-refractivity contribution in [3.8, 4) is 0 Å². The minimum atomic E-state index is -0.601. The van der Waals surface area contributed by atoms with Crippen molar-refractivity contribution < 1.29 is 19.1 Å². The summed E-state index contributed by atoms with van der Waals surface area (Å²) < 4.78 is 5.46. The molecule has 1 saturated heterocycles. The maximum atomic E-state index is 13.3. The molecule has 3 rings (SSSR count). The molecule has 0 radical (unpaired) electrons. The van der Waals surface area contributed by atoms with Gasteiger partial charge in [0.05, 0.1) is 18.2 Å². The molecule has 0 saturated carbocycles. The molecule has 2 aliphatic rings. The quantitative estimate of drug-likeness (QED) is 0.586. The normalized spacial score (nSPS) is 19.6. The first-order valence-electron chi connectivity index (χ1n) is 12.9. The number of urea groups is 2. The summed E-state index contributed by atoms with van der Waals surface area (Å²) in [5, 5.41) is 5.86. The van der Waals surface area contributed by atoms with E-state index in [0.717, 1.165) is 18.5 Å². The molecule has 2 N–H and O–H groups in total. The molecule has 4 amide bonds. The minimum Gasteiger partial charge on any atom is -0.463 e. The Balaban J connectivity index is 1.93. The van der Waals surface area contributed by atoms with Crippen molar-refractivity contribution >= 4 is 18.0 Å². The largest absolute Gasteiger partial charge is 0.463 e. The standard InChI is InChI=1S/C27H41N5O4/c1-7-28-25(34)32-15-9-14-31(16-17-32)18-21-22(24(33)36-8-2)23(29-26(35)30(21)6)19-10-12-20(13-11-19)27(3,4)5/h10-13,23H,7-9,14-18H2,1-6H3,(H,28,34)(H,29,35). The maximum Gasteiger partial charge on any atom is 0.338 e. The second kappa shape index (κ2) is 11.8. The number of esters is 1. The lowest BCUT2D eigenvalue weighted by molar-refractivity contribution is -0.139. The van der Waals surface area contributed by atoms with Crippen molar-refractivity contribution in [3.05, 3.63) is 46.7 Å². The van der Waals surface area contributed by atoms with Gasteiger partial charge in [0.2, 0.25) is 0 Å². The Morgan fingerprint density at radius 1 is 1.08 bits per heavy atom. The van der Waals surface area contributed by atoms with Crippen molar-refractivity contribution in [2.24, 2.45) is 0 Å². The molecular formula is C27H41N5O4. The Morgan fingerprint density at radius 2 is 1.78 bits per heavy atom. The zero-order chi connectivity index (χ0) is 26.5. The molecule has 1 unspecified atom stereocenters. The number of hydrogen-bond acceptors (Lipinski definition) is 5. The van der Waals surface area contributed by atoms with E-state index in [1.54, 1.807) is 14.0 Å². The molecule has 2 aliphatic heterocycles. The van der Waals surface area contributed by atoms with E-state index < -0.39 is 12.0 Å². The number of carbonyl (C=O) groups excluding carboxylic acids is 3. The number of likely N-dealkylation sites (N-methyl/N-ethyl adjacent to an activating group) is 1. The number of ether oxygens (including phenoxy) is 1. The van der Waals surface area contributed by atoms with Crippen molar-refractivity contribution in [3.63, 3.8) is 0 Å². The second-order valence-corrected chi connectivity index (χ2v) is 10.3. The summed E-state index contributed by atoms with van der Waals surface area (Å²) in [4.78, 5) is 44.1. The zero-order valence-electron chi connectivity index (χ0n) is 22.5. The predicted octanol–water partition coefficient (Wildman–Crippen LogP) is 3.23. The first kappa shape index (κ1) is 27.5. The van der Waals surface area contributed by atoms with Crippen molar-refractivity contribution in [1.82, 2.24) is 25.3 Å². The lowest BCUT2D eigenvalue weighted by atomic mass is 9.85. The van der Waals surface area contributed by atoms with E-state index in [4.69, 9.17) is 4.74 Å². The number of rotatable bonds is 6. The first-order chi connectivity index (χ1) is 17.1. The van der Waals surface area contributed by atoms with Gasteiger partial charge in [-0.3, -0.25) is 9.80 Å². The van der Waals surface area contributed by atoms with Crippen molar-refractivity contribution in [2.45, 2.75) is 52.5 Å². The SMILES string of the molecule is CCNC(=O)N1CCCN(CC2=C(C(=O)OCC)C(c3ccc(C(C)(C)C)cc3)NC(=O)N2C)CC1. The molecule has 2 heterocycles. The van der Waals surface area contributed by atoms with Crippen molar-refractivity contribution in [1.29, 1.82) is 0 Å². The molecule has 0 aromatic heterocycles. The summed E-state index contributed by atoms with van der Waals surface area (Å²) in [5.41, 5.74) is 3.09. The van der Waals surface area contributed by atoms with Gasteiger partial charge in [0.15, 0.2) is 0 Å². The number of nitrogens with zero attached hydrogens (tertiary/aromatic N) is 3. The molecule has 9 heteroatoms. The van der Waals surface area contributed by atoms with Gasteiger partial charge in [-0.05, 0) is 36.8 Å². The highest BCUT2D eigenvalue weighted by molar-refractivity contribution is 5.95. The van der Waals surface area contributed by atoms with Crippen LogP contribution >= 0.6 is 0 Å². The van der Waals surface area contributed by atoms with Crippen LogP contribution in [-0.4, -0.2) is 85.7 Å². The molecule has 0 spiro atoms. The molecule has 1 fully saturated rings. The summed E-state index contributed by atoms with van der Waals surface area (Å²) in [6.07, 6.45) is 0.812. The van der Waals surface area contributed by atoms with Crippen LogP contribution in [0.2, 0.25) is 0 Å². The average molecular weight is 500 g/mol. The predicted molar refractivity (Wildman–Crippen MR) is 140 cm³/mol. The highest BCUT2D eigenvalue weighted by atomic mass is 16.5. The van der Waals surface area contributed by atoms with Gasteiger partial charge >= 0.3 is 18.0 Å². The third-order valence-electron chi connectivity index (χ3n) is 6.76. The van der Waals surface area contributed by atoms with Gasteiger partial charge in [-0.1, -0.05) is 45.0 Å². The smallest absolute Gasteiger partial charge is 0.338 e. The third-order valence-corrected chi connectivity index (χ3v) is 6.76. The van der Waals surface area contributed by atoms with Crippen LogP contribution in [0.5, 0.6) is 0 Å². The summed E-state index contributed by atoms with van der Waals surface area (Å²) >= 11 is 0. The molecule has 1 atom stereocenters. The van der Waals surface area contributed by atoms with Crippen LogP contribution in [0.15, 0.2) is 35.5 Å². The van der Waals surface area contributed by atoms with E-state index in [-0.39, 0.29) is 24.1 Å². The summed E-state index contributed by atoms with van der Waals surface area (Å²) in [5.74, 6) is -0.428. The van der Waals surface area contributed by atoms with Gasteiger partial charge in [0.25, 0.3) is 0 Å². The van der Waals surface area contributed by atoms with Crippen LogP contribution in [0.1, 0.15) is 58.2 Å². The van der Waals surface area contributed by atoms with Crippen LogP contribution in [0.25, 0.3) is 0 Å². The molecular weight excluding hydrogens is 458 g/mol. The fourth-order valence-corrected chi connectivity index (χ4v) is 4.63. The Hall–Kier alpha value is -3.07. The van der Waals surface area contributed by atoms with Gasteiger partial charge in [0.1, 0.15) is 0 Å². The van der Waals surface area contributed by atoms with E-state index in [0.29, 0.717) is 44.0 Å². The number of nitrogens with one attached hydrogen (secondary N) is 2. The van der Waals surface area contributed by atoms with Gasteiger partial charge in [0, 0.05) is 52.0 Å².